The molecule has 0 saturated heterocycles. The number of unbranched alkanes of at least 4 members (excludes halogenated alkanes) is 9. The monoisotopic (exact) mass is 180 g/mol. The number of allylic oxidation sites excluding steroid dienone is 1. The van der Waals surface area contributed by atoms with E-state index in [2.05, 4.69) is 6.92 Å². The van der Waals surface area contributed by atoms with Crippen molar-refractivity contribution in [1.82, 2.24) is 0 Å². The smallest absolute Gasteiger partial charge is 0.0348 e. The lowest BCUT2D eigenvalue weighted by Gasteiger charge is -2.00. The highest BCUT2D eigenvalue weighted by Crippen LogP contribution is 2.10. The number of hydrogen-bond acceptors (Lipinski definition) is 0. The predicted molar refractivity (Wildman–Crippen MR) is 60.4 cm³/mol. The van der Waals surface area contributed by atoms with Gasteiger partial charge in [0.05, 0.1) is 0 Å². The summed E-state index contributed by atoms with van der Waals surface area (Å²) in [6, 6.07) is 0. The molecule has 0 rings (SSSR count). The molecule has 0 spiro atoms. The quantitative estimate of drug-likeness (QED) is 0.427. The molecule has 0 atom stereocenters. The van der Waals surface area contributed by atoms with Gasteiger partial charge in [-0.2, -0.15) is 0 Å². The summed E-state index contributed by atoms with van der Waals surface area (Å²) in [6.45, 7) is 9.13. The van der Waals surface area contributed by atoms with Gasteiger partial charge in [0.25, 0.3) is 0 Å². The van der Waals surface area contributed by atoms with E-state index in [0.29, 0.717) is 0 Å². The molecule has 0 aliphatic carbocycles. The van der Waals surface area contributed by atoms with Gasteiger partial charge in [-0.25, -0.2) is 0 Å². The molecule has 13 heavy (non-hydrogen) atoms. The van der Waals surface area contributed by atoms with Gasteiger partial charge in [0.1, 0.15) is 0 Å². The Morgan fingerprint density at radius 2 is 1.23 bits per heavy atom. The van der Waals surface area contributed by atoms with Gasteiger partial charge < -0.3 is 0 Å². The maximum Gasteiger partial charge on any atom is -0.0348 e. The fourth-order valence-corrected chi connectivity index (χ4v) is 1.50. The molecule has 0 aliphatic rings. The third-order valence-electron chi connectivity index (χ3n) is 2.37. The van der Waals surface area contributed by atoms with Crippen LogP contribution in [0.1, 0.15) is 64.2 Å². The van der Waals surface area contributed by atoms with Crippen LogP contribution in [-0.4, -0.2) is 0 Å². The van der Waals surface area contributed by atoms with E-state index in [1.165, 1.54) is 51.4 Å². The fraction of sp³-hybridized carbons (Fsp3) is 0.769. The molecular formula is C13H24. The Morgan fingerprint density at radius 1 is 0.769 bits per heavy atom. The Hall–Kier alpha value is -0.260. The average molecular weight is 180 g/mol. The molecule has 0 aromatic carbocycles. The lowest BCUT2D eigenvalue weighted by molar-refractivity contribution is 0.571. The predicted octanol–water partition coefficient (Wildman–Crippen LogP) is 4.71. The Balaban J connectivity index is 2.79. The zero-order valence-electron chi connectivity index (χ0n) is 8.93. The van der Waals surface area contributed by atoms with Crippen molar-refractivity contribution in [3.8, 4) is 0 Å². The molecule has 76 valence electrons. The van der Waals surface area contributed by atoms with Gasteiger partial charge in [0.15, 0.2) is 0 Å². The number of hydrogen-bond donors (Lipinski definition) is 0. The molecule has 0 aromatic rings. The van der Waals surface area contributed by atoms with Gasteiger partial charge in [-0.05, 0) is 12.8 Å². The van der Waals surface area contributed by atoms with Gasteiger partial charge in [0.2, 0.25) is 0 Å². The van der Waals surface area contributed by atoms with Gasteiger partial charge in [-0.1, -0.05) is 70.9 Å². The first-order valence-electron chi connectivity index (χ1n) is 5.74. The molecule has 0 amide bonds. The Labute approximate surface area is 84.4 Å². The van der Waals surface area contributed by atoms with E-state index in [0.717, 1.165) is 12.8 Å². The van der Waals surface area contributed by atoms with Crippen LogP contribution in [0.25, 0.3) is 0 Å². The average Bonchev–Trinajstić information content (AvgIpc) is 2.16. The molecule has 0 nitrogen and oxygen atoms in total. The van der Waals surface area contributed by atoms with E-state index in [1.54, 1.807) is 6.08 Å². The van der Waals surface area contributed by atoms with Crippen molar-refractivity contribution in [2.75, 3.05) is 0 Å². The summed E-state index contributed by atoms with van der Waals surface area (Å²) in [5.41, 5.74) is 0. The summed E-state index contributed by atoms with van der Waals surface area (Å²) in [7, 11) is 0. The maximum atomic E-state index is 5.29. The summed E-state index contributed by atoms with van der Waals surface area (Å²) in [4.78, 5) is 0. The largest absolute Gasteiger partial charge is 0.0845 e. The molecule has 2 radical (unpaired) electrons. The molecule has 0 heterocycles. The lowest BCUT2D eigenvalue weighted by Crippen LogP contribution is -1.80. The second kappa shape index (κ2) is 11.7. The topological polar surface area (TPSA) is 0 Å². The third kappa shape index (κ3) is 11.7. The molecule has 0 fully saturated rings. The Morgan fingerprint density at radius 3 is 1.69 bits per heavy atom. The van der Waals surface area contributed by atoms with Crippen LogP contribution in [0.5, 0.6) is 0 Å². The minimum Gasteiger partial charge on any atom is -0.0845 e. The minimum atomic E-state index is 1.08. The lowest BCUT2D eigenvalue weighted by atomic mass is 10.1. The van der Waals surface area contributed by atoms with Crippen molar-refractivity contribution in [2.24, 2.45) is 0 Å². The molecule has 0 N–H and O–H groups in total. The molecule has 0 aliphatic heterocycles. The highest BCUT2D eigenvalue weighted by Gasteiger charge is 1.90. The van der Waals surface area contributed by atoms with Crippen molar-refractivity contribution >= 4 is 0 Å². The van der Waals surface area contributed by atoms with E-state index in [4.69, 9.17) is 6.58 Å². The molecule has 0 bridgehead atoms. The van der Waals surface area contributed by atoms with E-state index in [9.17, 15) is 0 Å². The summed E-state index contributed by atoms with van der Waals surface area (Å²) >= 11 is 0. The summed E-state index contributed by atoms with van der Waals surface area (Å²) in [5.74, 6) is 0. The third-order valence-corrected chi connectivity index (χ3v) is 2.37. The van der Waals surface area contributed by atoms with Crippen LogP contribution < -0.4 is 0 Å². The zero-order chi connectivity index (χ0) is 9.78. The molecule has 0 heteroatoms. The highest BCUT2D eigenvalue weighted by molar-refractivity contribution is 4.61. The van der Waals surface area contributed by atoms with Crippen LogP contribution in [0.2, 0.25) is 0 Å². The van der Waals surface area contributed by atoms with Gasteiger partial charge >= 0.3 is 0 Å². The van der Waals surface area contributed by atoms with E-state index < -0.39 is 0 Å². The maximum absolute atomic E-state index is 5.29. The van der Waals surface area contributed by atoms with Gasteiger partial charge in [0, 0.05) is 0 Å². The first kappa shape index (κ1) is 12.7. The second-order valence-corrected chi connectivity index (χ2v) is 3.71. The van der Waals surface area contributed by atoms with Crippen LogP contribution in [0.15, 0.2) is 6.08 Å². The minimum absolute atomic E-state index is 1.08. The van der Waals surface area contributed by atoms with Crippen LogP contribution in [0, 0.1) is 13.5 Å². The Bertz CT molecular complexity index is 94.2. The van der Waals surface area contributed by atoms with Crippen molar-refractivity contribution < 1.29 is 0 Å². The summed E-state index contributed by atoms with van der Waals surface area (Å²) in [5, 5.41) is 0. The van der Waals surface area contributed by atoms with E-state index in [1.807, 2.05) is 0 Å². The molecule has 0 aromatic heterocycles. The first-order chi connectivity index (χ1) is 6.41. The molecule has 0 unspecified atom stereocenters. The zero-order valence-corrected chi connectivity index (χ0v) is 8.93. The van der Waals surface area contributed by atoms with Crippen molar-refractivity contribution in [3.05, 3.63) is 19.6 Å². The molecule has 0 saturated carbocycles. The second-order valence-electron chi connectivity index (χ2n) is 3.71. The fourth-order valence-electron chi connectivity index (χ4n) is 1.50. The van der Waals surface area contributed by atoms with Crippen LogP contribution in [0.3, 0.4) is 0 Å². The first-order valence-corrected chi connectivity index (χ1v) is 5.74. The summed E-state index contributed by atoms with van der Waals surface area (Å²) < 4.78 is 0. The van der Waals surface area contributed by atoms with Crippen LogP contribution >= 0.6 is 0 Å². The van der Waals surface area contributed by atoms with E-state index in [-0.39, 0.29) is 0 Å². The van der Waals surface area contributed by atoms with Crippen LogP contribution in [0.4, 0.5) is 0 Å². The van der Waals surface area contributed by atoms with Crippen molar-refractivity contribution in [1.29, 1.82) is 0 Å². The molecular weight excluding hydrogens is 156 g/mol. The van der Waals surface area contributed by atoms with Crippen LogP contribution in [-0.2, 0) is 0 Å². The van der Waals surface area contributed by atoms with E-state index >= 15 is 0 Å². The highest BCUT2D eigenvalue weighted by atomic mass is 14.0. The normalized spacial score (nSPS) is 10.2. The standard InChI is InChI=1S/C13H24/c1-3-5-7-9-11-13-12-10-8-6-4-2/h1,3H,2,4-13H2. The summed E-state index contributed by atoms with van der Waals surface area (Å²) in [6.07, 6.45) is 14.9. The van der Waals surface area contributed by atoms with Crippen molar-refractivity contribution in [3.63, 3.8) is 0 Å². The van der Waals surface area contributed by atoms with Gasteiger partial charge in [-0.3, -0.25) is 0 Å². The SMILES string of the molecule is [CH]=CCCCCCCCCCC[CH2]. The van der Waals surface area contributed by atoms with Crippen molar-refractivity contribution in [2.45, 2.75) is 64.2 Å². The van der Waals surface area contributed by atoms with Gasteiger partial charge in [-0.15, -0.1) is 0 Å². The Kier molecular flexibility index (Phi) is 11.5. The number of rotatable bonds is 10.